The standard InChI is InChI=1S/C27H31N5OS/c34-27(28-22-12-4-1-2-5-13-22)31-26-29-24(18-25(30-26)33-23-14-6-3-7-15-23)32-17-16-20-10-8-9-11-21(20)19-32/h3,6-11,14-15,18,22H,1-2,4-5,12-13,16-17,19H2,(H2,28,29,30,31,34). The number of anilines is 2. The van der Waals surface area contributed by atoms with Crippen LogP contribution in [0, 0.1) is 0 Å². The van der Waals surface area contributed by atoms with E-state index < -0.39 is 0 Å². The minimum Gasteiger partial charge on any atom is -0.439 e. The maximum Gasteiger partial charge on any atom is 0.234 e. The van der Waals surface area contributed by atoms with E-state index in [1.54, 1.807) is 0 Å². The molecule has 3 aromatic rings. The molecule has 1 aliphatic heterocycles. The summed E-state index contributed by atoms with van der Waals surface area (Å²) in [5.41, 5.74) is 2.73. The lowest BCUT2D eigenvalue weighted by molar-refractivity contribution is 0.462. The Bertz CT molecular complexity index is 1120. The van der Waals surface area contributed by atoms with Crippen LogP contribution in [0.4, 0.5) is 11.8 Å². The highest BCUT2D eigenvalue weighted by Gasteiger charge is 2.20. The summed E-state index contributed by atoms with van der Waals surface area (Å²) in [5.74, 6) is 2.51. The van der Waals surface area contributed by atoms with Crippen molar-refractivity contribution < 1.29 is 4.74 Å². The number of nitrogens with zero attached hydrogens (tertiary/aromatic N) is 3. The number of fused-ring (bicyclic) bond motifs is 1. The zero-order chi connectivity index (χ0) is 23.2. The fourth-order valence-electron chi connectivity index (χ4n) is 4.73. The van der Waals surface area contributed by atoms with E-state index in [0.717, 1.165) is 43.9 Å². The Balaban J connectivity index is 1.36. The maximum absolute atomic E-state index is 6.09. The highest BCUT2D eigenvalue weighted by Crippen LogP contribution is 2.28. The smallest absolute Gasteiger partial charge is 0.234 e. The molecule has 0 amide bonds. The number of thiocarbonyl (C=S) groups is 1. The van der Waals surface area contributed by atoms with Gasteiger partial charge in [-0.25, -0.2) is 0 Å². The molecule has 2 aromatic carbocycles. The van der Waals surface area contributed by atoms with Crippen LogP contribution in [0.25, 0.3) is 0 Å². The van der Waals surface area contributed by atoms with Crippen LogP contribution < -0.4 is 20.3 Å². The van der Waals surface area contributed by atoms with E-state index in [0.29, 0.717) is 23.0 Å². The second kappa shape index (κ2) is 10.8. The topological polar surface area (TPSA) is 62.3 Å². The van der Waals surface area contributed by atoms with Gasteiger partial charge in [-0.3, -0.25) is 0 Å². The van der Waals surface area contributed by atoms with E-state index in [1.165, 1.54) is 36.8 Å². The average Bonchev–Trinajstić information content (AvgIpc) is 3.13. The lowest BCUT2D eigenvalue weighted by Gasteiger charge is -2.30. The number of aromatic nitrogens is 2. The fraction of sp³-hybridized carbons (Fsp3) is 0.370. The zero-order valence-corrected chi connectivity index (χ0v) is 20.2. The monoisotopic (exact) mass is 473 g/mol. The Hall–Kier alpha value is -3.19. The van der Waals surface area contributed by atoms with Gasteiger partial charge in [-0.05, 0) is 54.7 Å². The molecule has 1 aromatic heterocycles. The summed E-state index contributed by atoms with van der Waals surface area (Å²) in [4.78, 5) is 11.7. The van der Waals surface area contributed by atoms with Gasteiger partial charge in [0.05, 0.1) is 0 Å². The Kier molecular flexibility index (Phi) is 7.19. The van der Waals surface area contributed by atoms with Gasteiger partial charge in [0.1, 0.15) is 11.6 Å². The number of nitrogens with one attached hydrogen (secondary N) is 2. The predicted molar refractivity (Wildman–Crippen MR) is 141 cm³/mol. The van der Waals surface area contributed by atoms with Crippen LogP contribution >= 0.6 is 12.2 Å². The van der Waals surface area contributed by atoms with Crippen molar-refractivity contribution in [2.24, 2.45) is 0 Å². The van der Waals surface area contributed by atoms with Crippen molar-refractivity contribution >= 4 is 29.1 Å². The lowest BCUT2D eigenvalue weighted by atomic mass is 10.00. The molecule has 176 valence electrons. The first-order chi connectivity index (χ1) is 16.7. The zero-order valence-electron chi connectivity index (χ0n) is 19.4. The minimum absolute atomic E-state index is 0.407. The SMILES string of the molecule is S=C(Nc1nc(Oc2ccccc2)cc(N2CCc3ccccc3C2)n1)NC1CCCCCC1. The molecule has 0 radical (unpaired) electrons. The normalized spacial score (nSPS) is 16.3. The van der Waals surface area contributed by atoms with E-state index >= 15 is 0 Å². The van der Waals surface area contributed by atoms with E-state index in [9.17, 15) is 0 Å². The van der Waals surface area contributed by atoms with Gasteiger partial charge in [0.2, 0.25) is 11.8 Å². The molecule has 0 unspecified atom stereocenters. The molecule has 1 fully saturated rings. The predicted octanol–water partition coefficient (Wildman–Crippen LogP) is 5.84. The number of benzene rings is 2. The molecule has 6 nitrogen and oxygen atoms in total. The molecule has 34 heavy (non-hydrogen) atoms. The summed E-state index contributed by atoms with van der Waals surface area (Å²) >= 11 is 5.63. The summed E-state index contributed by atoms with van der Waals surface area (Å²) in [6.07, 6.45) is 8.40. The largest absolute Gasteiger partial charge is 0.439 e. The van der Waals surface area contributed by atoms with Crippen molar-refractivity contribution in [3.63, 3.8) is 0 Å². The quantitative estimate of drug-likeness (QED) is 0.356. The lowest BCUT2D eigenvalue weighted by Crippen LogP contribution is -2.38. The van der Waals surface area contributed by atoms with E-state index in [4.69, 9.17) is 21.9 Å². The average molecular weight is 474 g/mol. The Morgan fingerprint density at radius 2 is 1.65 bits per heavy atom. The third-order valence-corrected chi connectivity index (χ3v) is 6.75. The summed E-state index contributed by atoms with van der Waals surface area (Å²) in [6, 6.07) is 20.6. The van der Waals surface area contributed by atoms with Gasteiger partial charge in [0.15, 0.2) is 5.11 Å². The summed E-state index contributed by atoms with van der Waals surface area (Å²) in [7, 11) is 0. The Morgan fingerprint density at radius 1 is 0.912 bits per heavy atom. The first-order valence-electron chi connectivity index (χ1n) is 12.2. The van der Waals surface area contributed by atoms with Crippen molar-refractivity contribution in [3.8, 4) is 11.6 Å². The van der Waals surface area contributed by atoms with Gasteiger partial charge in [-0.1, -0.05) is 68.1 Å². The minimum atomic E-state index is 0.407. The molecule has 0 atom stereocenters. The molecule has 0 spiro atoms. The highest BCUT2D eigenvalue weighted by atomic mass is 32.1. The van der Waals surface area contributed by atoms with Crippen LogP contribution in [-0.2, 0) is 13.0 Å². The van der Waals surface area contributed by atoms with E-state index in [-0.39, 0.29) is 0 Å². The number of para-hydroxylation sites is 1. The van der Waals surface area contributed by atoms with Gasteiger partial charge in [-0.15, -0.1) is 0 Å². The fourth-order valence-corrected chi connectivity index (χ4v) is 4.99. The summed E-state index contributed by atoms with van der Waals surface area (Å²) in [6.45, 7) is 1.70. The van der Waals surface area contributed by atoms with Crippen LogP contribution in [0.2, 0.25) is 0 Å². The number of hydrogen-bond acceptors (Lipinski definition) is 5. The molecule has 2 heterocycles. The van der Waals surface area contributed by atoms with Crippen LogP contribution in [0.3, 0.4) is 0 Å². The molecule has 7 heteroatoms. The number of hydrogen-bond donors (Lipinski definition) is 2. The first-order valence-corrected chi connectivity index (χ1v) is 12.6. The molecular formula is C27H31N5OS. The van der Waals surface area contributed by atoms with Crippen LogP contribution in [0.5, 0.6) is 11.6 Å². The van der Waals surface area contributed by atoms with Crippen LogP contribution in [0.1, 0.15) is 49.7 Å². The summed E-state index contributed by atoms with van der Waals surface area (Å²) < 4.78 is 6.09. The number of rotatable bonds is 5. The van der Waals surface area contributed by atoms with Gasteiger partial charge >= 0.3 is 0 Å². The highest BCUT2D eigenvalue weighted by molar-refractivity contribution is 7.80. The maximum atomic E-state index is 6.09. The van der Waals surface area contributed by atoms with Crippen LogP contribution in [-0.4, -0.2) is 27.7 Å². The summed E-state index contributed by atoms with van der Waals surface area (Å²) in [5, 5.41) is 7.27. The van der Waals surface area contributed by atoms with Crippen LogP contribution in [0.15, 0.2) is 60.7 Å². The Labute approximate surface area is 206 Å². The molecule has 2 aliphatic rings. The van der Waals surface area contributed by atoms with Gasteiger partial charge < -0.3 is 20.3 Å². The Morgan fingerprint density at radius 3 is 2.44 bits per heavy atom. The van der Waals surface area contributed by atoms with E-state index in [2.05, 4.69) is 44.8 Å². The molecular weight excluding hydrogens is 442 g/mol. The molecule has 0 saturated heterocycles. The van der Waals surface area contributed by atoms with Crippen molar-refractivity contribution in [2.45, 2.75) is 57.5 Å². The van der Waals surface area contributed by atoms with Gasteiger partial charge in [-0.2, -0.15) is 9.97 Å². The third-order valence-electron chi connectivity index (χ3n) is 6.53. The van der Waals surface area contributed by atoms with Crippen molar-refractivity contribution in [1.82, 2.24) is 15.3 Å². The third kappa shape index (κ3) is 5.83. The number of ether oxygens (including phenoxy) is 1. The van der Waals surface area contributed by atoms with Crippen molar-refractivity contribution in [1.29, 1.82) is 0 Å². The van der Waals surface area contributed by atoms with Gasteiger partial charge in [0.25, 0.3) is 0 Å². The molecule has 2 N–H and O–H groups in total. The molecule has 0 bridgehead atoms. The van der Waals surface area contributed by atoms with E-state index in [1.807, 2.05) is 36.4 Å². The van der Waals surface area contributed by atoms with Gasteiger partial charge in [0, 0.05) is 25.2 Å². The second-order valence-corrected chi connectivity index (χ2v) is 9.44. The molecule has 5 rings (SSSR count). The van der Waals surface area contributed by atoms with Crippen molar-refractivity contribution in [3.05, 3.63) is 71.8 Å². The second-order valence-electron chi connectivity index (χ2n) is 9.03. The molecule has 1 aliphatic carbocycles. The van der Waals surface area contributed by atoms with Crippen molar-refractivity contribution in [2.75, 3.05) is 16.8 Å². The first kappa shape index (κ1) is 22.6. The molecule has 1 saturated carbocycles.